The normalized spacial score (nSPS) is 13.1. The van der Waals surface area contributed by atoms with Crippen LogP contribution in [0, 0.1) is 5.92 Å². The third kappa shape index (κ3) is 3.11. The van der Waals surface area contributed by atoms with E-state index in [9.17, 15) is 4.79 Å². The first-order chi connectivity index (χ1) is 9.11. The Balaban J connectivity index is 2.16. The molecule has 0 aromatic carbocycles. The summed E-state index contributed by atoms with van der Waals surface area (Å²) in [6.45, 7) is 7.51. The van der Waals surface area contributed by atoms with Crippen molar-refractivity contribution < 1.29 is 4.74 Å². The molecule has 0 fully saturated rings. The fraction of sp³-hybridized carbons (Fsp3) is 0.583. The van der Waals surface area contributed by atoms with Crippen LogP contribution in [0.25, 0.3) is 5.65 Å². The monoisotopic (exact) mass is 265 g/mol. The Labute approximate surface area is 111 Å². The van der Waals surface area contributed by atoms with Gasteiger partial charge in [-0.3, -0.25) is 0 Å². The first kappa shape index (κ1) is 13.5. The van der Waals surface area contributed by atoms with E-state index in [4.69, 9.17) is 4.74 Å². The molecule has 0 aliphatic rings. The first-order valence-electron chi connectivity index (χ1n) is 6.39. The molecule has 0 spiro atoms. The topological polar surface area (TPSA) is 84.3 Å². The number of H-pyrrole nitrogens is 1. The molecule has 19 heavy (non-hydrogen) atoms. The number of anilines is 1. The van der Waals surface area contributed by atoms with Crippen LogP contribution in [0.3, 0.4) is 0 Å². The standard InChI is InChI=1S/C12H19N5O2/c1-4-19-6-9(8(2)3)14-10-5-11-15-16-12(18)17(11)7-13-10/h5,7-9,14H,4,6H2,1-3H3,(H,16,18). The van der Waals surface area contributed by atoms with Gasteiger partial charge in [0.25, 0.3) is 0 Å². The van der Waals surface area contributed by atoms with Crippen LogP contribution in [0.15, 0.2) is 17.2 Å². The van der Waals surface area contributed by atoms with Crippen molar-refractivity contribution in [3.05, 3.63) is 22.9 Å². The number of fused-ring (bicyclic) bond motifs is 1. The van der Waals surface area contributed by atoms with Crippen molar-refractivity contribution in [2.24, 2.45) is 5.92 Å². The van der Waals surface area contributed by atoms with Crippen LogP contribution in [-0.2, 0) is 4.74 Å². The number of aromatic nitrogens is 4. The van der Waals surface area contributed by atoms with Gasteiger partial charge in [0.05, 0.1) is 12.6 Å². The first-order valence-corrected chi connectivity index (χ1v) is 6.39. The molecule has 0 aliphatic carbocycles. The number of rotatable bonds is 6. The van der Waals surface area contributed by atoms with Gasteiger partial charge in [0.1, 0.15) is 12.1 Å². The van der Waals surface area contributed by atoms with Crippen LogP contribution >= 0.6 is 0 Å². The minimum absolute atomic E-state index is 0.167. The molecule has 0 aliphatic heterocycles. The summed E-state index contributed by atoms with van der Waals surface area (Å²) in [7, 11) is 0. The number of hydrogen-bond donors (Lipinski definition) is 2. The molecular weight excluding hydrogens is 246 g/mol. The van der Waals surface area contributed by atoms with E-state index in [0.29, 0.717) is 30.6 Å². The van der Waals surface area contributed by atoms with Gasteiger partial charge in [-0.1, -0.05) is 13.8 Å². The summed E-state index contributed by atoms with van der Waals surface area (Å²) >= 11 is 0. The van der Waals surface area contributed by atoms with Gasteiger partial charge in [-0.25, -0.2) is 19.3 Å². The van der Waals surface area contributed by atoms with Gasteiger partial charge in [-0.05, 0) is 12.8 Å². The van der Waals surface area contributed by atoms with Crippen LogP contribution in [-0.4, -0.2) is 38.8 Å². The van der Waals surface area contributed by atoms with E-state index in [1.165, 1.54) is 10.7 Å². The molecule has 7 nitrogen and oxygen atoms in total. The maximum Gasteiger partial charge on any atom is 0.348 e. The lowest BCUT2D eigenvalue weighted by Crippen LogP contribution is -2.31. The fourth-order valence-corrected chi connectivity index (χ4v) is 1.72. The number of nitrogens with one attached hydrogen (secondary N) is 2. The average molecular weight is 265 g/mol. The largest absolute Gasteiger partial charge is 0.380 e. The van der Waals surface area contributed by atoms with Crippen LogP contribution in [0.2, 0.25) is 0 Å². The Morgan fingerprint density at radius 2 is 2.32 bits per heavy atom. The number of hydrogen-bond acceptors (Lipinski definition) is 5. The molecule has 1 unspecified atom stereocenters. The molecule has 0 saturated carbocycles. The highest BCUT2D eigenvalue weighted by Crippen LogP contribution is 2.11. The molecule has 0 bridgehead atoms. The molecule has 2 rings (SSSR count). The van der Waals surface area contributed by atoms with Crippen LogP contribution < -0.4 is 11.0 Å². The van der Waals surface area contributed by atoms with Crippen molar-refractivity contribution >= 4 is 11.5 Å². The van der Waals surface area contributed by atoms with Crippen molar-refractivity contribution in [2.45, 2.75) is 26.8 Å². The summed E-state index contributed by atoms with van der Waals surface area (Å²) in [5.41, 5.74) is 0.255. The Kier molecular flexibility index (Phi) is 4.16. The van der Waals surface area contributed by atoms with Crippen molar-refractivity contribution in [2.75, 3.05) is 18.5 Å². The molecule has 1 atom stereocenters. The molecule has 2 aromatic heterocycles. The van der Waals surface area contributed by atoms with Crippen LogP contribution in [0.4, 0.5) is 5.82 Å². The number of nitrogens with zero attached hydrogens (tertiary/aromatic N) is 3. The van der Waals surface area contributed by atoms with Crippen molar-refractivity contribution in [3.63, 3.8) is 0 Å². The molecule has 0 amide bonds. The van der Waals surface area contributed by atoms with Crippen LogP contribution in [0.1, 0.15) is 20.8 Å². The third-order valence-electron chi connectivity index (χ3n) is 2.95. The lowest BCUT2D eigenvalue weighted by atomic mass is 10.1. The van der Waals surface area contributed by atoms with Crippen molar-refractivity contribution in [3.8, 4) is 0 Å². The van der Waals surface area contributed by atoms with E-state index < -0.39 is 0 Å². The Bertz CT molecular complexity index is 589. The predicted octanol–water partition coefficient (Wildman–Crippen LogP) is 0.891. The van der Waals surface area contributed by atoms with Crippen molar-refractivity contribution in [1.29, 1.82) is 0 Å². The lowest BCUT2D eigenvalue weighted by molar-refractivity contribution is 0.126. The highest BCUT2D eigenvalue weighted by atomic mass is 16.5. The predicted molar refractivity (Wildman–Crippen MR) is 72.3 cm³/mol. The van der Waals surface area contributed by atoms with E-state index in [0.717, 1.165) is 0 Å². The summed E-state index contributed by atoms with van der Waals surface area (Å²) in [5, 5.41) is 9.60. The minimum Gasteiger partial charge on any atom is -0.380 e. The zero-order valence-corrected chi connectivity index (χ0v) is 11.4. The Morgan fingerprint density at radius 3 is 3.00 bits per heavy atom. The van der Waals surface area contributed by atoms with E-state index >= 15 is 0 Å². The SMILES string of the molecule is CCOCC(Nc1cc2n[nH]c(=O)n2cn1)C(C)C. The molecule has 104 valence electrons. The van der Waals surface area contributed by atoms with Gasteiger partial charge in [0.2, 0.25) is 0 Å². The molecule has 0 saturated heterocycles. The highest BCUT2D eigenvalue weighted by molar-refractivity contribution is 5.48. The number of aromatic amines is 1. The van der Waals surface area contributed by atoms with Crippen molar-refractivity contribution in [1.82, 2.24) is 19.6 Å². The quantitative estimate of drug-likeness (QED) is 0.810. The van der Waals surface area contributed by atoms with Gasteiger partial charge >= 0.3 is 5.69 Å². The maximum atomic E-state index is 11.3. The lowest BCUT2D eigenvalue weighted by Gasteiger charge is -2.22. The summed E-state index contributed by atoms with van der Waals surface area (Å²) in [6, 6.07) is 1.90. The second kappa shape index (κ2) is 5.83. The van der Waals surface area contributed by atoms with Gasteiger partial charge in [0.15, 0.2) is 5.65 Å². The maximum absolute atomic E-state index is 11.3. The molecule has 2 aromatic rings. The highest BCUT2D eigenvalue weighted by Gasteiger charge is 2.14. The molecule has 7 heteroatoms. The summed E-state index contributed by atoms with van der Waals surface area (Å²) in [4.78, 5) is 15.5. The third-order valence-corrected chi connectivity index (χ3v) is 2.95. The van der Waals surface area contributed by atoms with E-state index in [1.807, 2.05) is 6.92 Å². The summed E-state index contributed by atoms with van der Waals surface area (Å²) in [6.07, 6.45) is 1.46. The molecule has 0 radical (unpaired) electrons. The number of ether oxygens (including phenoxy) is 1. The van der Waals surface area contributed by atoms with Gasteiger partial charge in [0, 0.05) is 12.7 Å². The molecular formula is C12H19N5O2. The van der Waals surface area contributed by atoms with E-state index in [2.05, 4.69) is 34.3 Å². The molecule has 2 N–H and O–H groups in total. The van der Waals surface area contributed by atoms with E-state index in [1.54, 1.807) is 6.07 Å². The van der Waals surface area contributed by atoms with E-state index in [-0.39, 0.29) is 11.7 Å². The average Bonchev–Trinajstić information content (AvgIpc) is 2.75. The van der Waals surface area contributed by atoms with Gasteiger partial charge in [-0.15, -0.1) is 0 Å². The Morgan fingerprint density at radius 1 is 1.53 bits per heavy atom. The van der Waals surface area contributed by atoms with Crippen LogP contribution in [0.5, 0.6) is 0 Å². The zero-order valence-electron chi connectivity index (χ0n) is 11.4. The molecule has 2 heterocycles. The zero-order chi connectivity index (χ0) is 13.8. The second-order valence-electron chi connectivity index (χ2n) is 4.69. The second-order valence-corrected chi connectivity index (χ2v) is 4.69. The van der Waals surface area contributed by atoms with Gasteiger partial charge < -0.3 is 10.1 Å². The summed E-state index contributed by atoms with van der Waals surface area (Å²) < 4.78 is 6.81. The minimum atomic E-state index is -0.288. The summed E-state index contributed by atoms with van der Waals surface area (Å²) in [5.74, 6) is 1.09. The fourth-order valence-electron chi connectivity index (χ4n) is 1.72. The van der Waals surface area contributed by atoms with Gasteiger partial charge in [-0.2, -0.15) is 5.10 Å². The smallest absolute Gasteiger partial charge is 0.348 e. The Hall–Kier alpha value is -1.89.